The number of aliphatic imine (C=N–C) groups is 1. The van der Waals surface area contributed by atoms with Gasteiger partial charge in [-0.2, -0.15) is 0 Å². The van der Waals surface area contributed by atoms with Crippen LogP contribution in [0.1, 0.15) is 50.7 Å². The molecule has 3 heteroatoms. The SMILES string of the molecule is CCN(CC)C(N)=NCC1(c2cccc(C)c2)CCCC1. The zero-order valence-corrected chi connectivity index (χ0v) is 13.7. The number of rotatable bonds is 5. The summed E-state index contributed by atoms with van der Waals surface area (Å²) >= 11 is 0. The quantitative estimate of drug-likeness (QED) is 0.665. The van der Waals surface area contributed by atoms with Gasteiger partial charge in [0.15, 0.2) is 5.96 Å². The lowest BCUT2D eigenvalue weighted by Gasteiger charge is -2.29. The molecule has 116 valence electrons. The number of hydrogen-bond acceptors (Lipinski definition) is 1. The van der Waals surface area contributed by atoms with Gasteiger partial charge in [-0.15, -0.1) is 0 Å². The van der Waals surface area contributed by atoms with Crippen molar-refractivity contribution in [2.75, 3.05) is 19.6 Å². The van der Waals surface area contributed by atoms with Gasteiger partial charge in [-0.25, -0.2) is 0 Å². The molecule has 0 radical (unpaired) electrons. The van der Waals surface area contributed by atoms with Gasteiger partial charge in [0.25, 0.3) is 0 Å². The highest BCUT2D eigenvalue weighted by atomic mass is 15.2. The first-order valence-electron chi connectivity index (χ1n) is 8.23. The van der Waals surface area contributed by atoms with E-state index in [1.54, 1.807) is 0 Å². The van der Waals surface area contributed by atoms with Crippen molar-refractivity contribution in [3.63, 3.8) is 0 Å². The Morgan fingerprint density at radius 1 is 1.24 bits per heavy atom. The molecule has 1 aromatic rings. The van der Waals surface area contributed by atoms with Crippen molar-refractivity contribution in [2.45, 2.75) is 51.9 Å². The maximum Gasteiger partial charge on any atom is 0.191 e. The maximum atomic E-state index is 6.16. The normalized spacial score (nSPS) is 18.0. The van der Waals surface area contributed by atoms with E-state index in [0.29, 0.717) is 5.96 Å². The molecule has 21 heavy (non-hydrogen) atoms. The third kappa shape index (κ3) is 3.58. The van der Waals surface area contributed by atoms with Crippen molar-refractivity contribution in [1.29, 1.82) is 0 Å². The van der Waals surface area contributed by atoms with Crippen LogP contribution in [0.25, 0.3) is 0 Å². The Morgan fingerprint density at radius 2 is 1.90 bits per heavy atom. The van der Waals surface area contributed by atoms with E-state index in [0.717, 1.165) is 19.6 Å². The lowest BCUT2D eigenvalue weighted by atomic mass is 9.78. The minimum Gasteiger partial charge on any atom is -0.370 e. The molecule has 0 aliphatic heterocycles. The van der Waals surface area contributed by atoms with E-state index < -0.39 is 0 Å². The van der Waals surface area contributed by atoms with Crippen molar-refractivity contribution in [3.05, 3.63) is 35.4 Å². The summed E-state index contributed by atoms with van der Waals surface area (Å²) in [5.74, 6) is 0.693. The lowest BCUT2D eigenvalue weighted by Crippen LogP contribution is -2.38. The molecule has 0 bridgehead atoms. The number of nitrogens with two attached hydrogens (primary N) is 1. The van der Waals surface area contributed by atoms with Crippen LogP contribution in [0.2, 0.25) is 0 Å². The Balaban J connectivity index is 2.22. The van der Waals surface area contributed by atoms with E-state index in [-0.39, 0.29) is 5.41 Å². The highest BCUT2D eigenvalue weighted by Crippen LogP contribution is 2.41. The molecule has 3 nitrogen and oxygen atoms in total. The summed E-state index contributed by atoms with van der Waals surface area (Å²) in [5.41, 5.74) is 9.13. The van der Waals surface area contributed by atoms with Gasteiger partial charge in [0.05, 0.1) is 6.54 Å². The molecule has 0 amide bonds. The van der Waals surface area contributed by atoms with Crippen LogP contribution in [-0.2, 0) is 5.41 Å². The van der Waals surface area contributed by atoms with E-state index in [2.05, 4.69) is 49.9 Å². The van der Waals surface area contributed by atoms with Crippen LogP contribution in [-0.4, -0.2) is 30.5 Å². The topological polar surface area (TPSA) is 41.6 Å². The van der Waals surface area contributed by atoms with Gasteiger partial charge < -0.3 is 10.6 Å². The molecule has 1 fully saturated rings. The zero-order chi connectivity index (χ0) is 15.3. The van der Waals surface area contributed by atoms with Crippen LogP contribution in [0.4, 0.5) is 0 Å². The smallest absolute Gasteiger partial charge is 0.191 e. The summed E-state index contributed by atoms with van der Waals surface area (Å²) in [4.78, 5) is 6.87. The zero-order valence-electron chi connectivity index (χ0n) is 13.7. The summed E-state index contributed by atoms with van der Waals surface area (Å²) in [6.07, 6.45) is 5.06. The van der Waals surface area contributed by atoms with Crippen LogP contribution in [0.3, 0.4) is 0 Å². The summed E-state index contributed by atoms with van der Waals surface area (Å²) in [6, 6.07) is 8.93. The highest BCUT2D eigenvalue weighted by Gasteiger charge is 2.35. The molecule has 0 atom stereocenters. The van der Waals surface area contributed by atoms with Gasteiger partial charge in [0.2, 0.25) is 0 Å². The molecule has 1 aliphatic carbocycles. The second-order valence-electron chi connectivity index (χ2n) is 6.20. The van der Waals surface area contributed by atoms with Gasteiger partial charge in [0.1, 0.15) is 0 Å². The van der Waals surface area contributed by atoms with Crippen molar-refractivity contribution >= 4 is 5.96 Å². The highest BCUT2D eigenvalue weighted by molar-refractivity contribution is 5.78. The molecule has 0 aromatic heterocycles. The van der Waals surface area contributed by atoms with Gasteiger partial charge in [-0.1, -0.05) is 42.7 Å². The first-order chi connectivity index (χ1) is 10.1. The summed E-state index contributed by atoms with van der Waals surface area (Å²) < 4.78 is 0. The van der Waals surface area contributed by atoms with Crippen molar-refractivity contribution < 1.29 is 0 Å². The molecule has 2 rings (SSSR count). The molecule has 0 spiro atoms. The number of nitrogens with zero attached hydrogens (tertiary/aromatic N) is 2. The first kappa shape index (κ1) is 15.9. The van der Waals surface area contributed by atoms with E-state index in [9.17, 15) is 0 Å². The van der Waals surface area contributed by atoms with E-state index in [4.69, 9.17) is 10.7 Å². The average Bonchev–Trinajstić information content (AvgIpc) is 2.96. The fourth-order valence-corrected chi connectivity index (χ4v) is 3.44. The minimum absolute atomic E-state index is 0.198. The Hall–Kier alpha value is -1.51. The number of guanidine groups is 1. The van der Waals surface area contributed by atoms with E-state index in [1.165, 1.54) is 36.8 Å². The van der Waals surface area contributed by atoms with Crippen molar-refractivity contribution in [3.8, 4) is 0 Å². The fourth-order valence-electron chi connectivity index (χ4n) is 3.44. The molecule has 0 saturated heterocycles. The molecular weight excluding hydrogens is 258 g/mol. The first-order valence-corrected chi connectivity index (χ1v) is 8.23. The largest absolute Gasteiger partial charge is 0.370 e. The monoisotopic (exact) mass is 287 g/mol. The molecule has 1 aromatic carbocycles. The van der Waals surface area contributed by atoms with E-state index >= 15 is 0 Å². The number of hydrogen-bond donors (Lipinski definition) is 1. The van der Waals surface area contributed by atoms with Crippen LogP contribution in [0, 0.1) is 6.92 Å². The molecule has 1 saturated carbocycles. The van der Waals surface area contributed by atoms with Crippen molar-refractivity contribution in [1.82, 2.24) is 4.90 Å². The molecule has 1 aliphatic rings. The predicted molar refractivity (Wildman–Crippen MR) is 90.7 cm³/mol. The van der Waals surface area contributed by atoms with Gasteiger partial charge >= 0.3 is 0 Å². The minimum atomic E-state index is 0.198. The van der Waals surface area contributed by atoms with Crippen LogP contribution in [0.5, 0.6) is 0 Å². The standard InChI is InChI=1S/C18H29N3/c1-4-21(5-2)17(19)20-14-18(11-6-7-12-18)16-10-8-9-15(3)13-16/h8-10,13H,4-7,11-12,14H2,1-3H3,(H2,19,20). The Kier molecular flexibility index (Phi) is 5.27. The third-order valence-electron chi connectivity index (χ3n) is 4.82. The van der Waals surface area contributed by atoms with Gasteiger partial charge in [0, 0.05) is 18.5 Å². The lowest BCUT2D eigenvalue weighted by molar-refractivity contribution is 0.432. The van der Waals surface area contributed by atoms with Crippen molar-refractivity contribution in [2.24, 2.45) is 10.7 Å². The molecule has 2 N–H and O–H groups in total. The number of aryl methyl sites for hydroxylation is 1. The molecular formula is C18H29N3. The Bertz CT molecular complexity index is 483. The average molecular weight is 287 g/mol. The Labute approximate surface area is 129 Å². The summed E-state index contributed by atoms with van der Waals surface area (Å²) in [5, 5.41) is 0. The maximum absolute atomic E-state index is 6.16. The van der Waals surface area contributed by atoms with Crippen LogP contribution < -0.4 is 5.73 Å². The Morgan fingerprint density at radius 3 is 2.48 bits per heavy atom. The predicted octanol–water partition coefficient (Wildman–Crippen LogP) is 3.46. The summed E-state index contributed by atoms with van der Waals surface area (Å²) in [6.45, 7) is 9.07. The molecule has 0 unspecified atom stereocenters. The van der Waals surface area contributed by atoms with Crippen LogP contribution in [0.15, 0.2) is 29.3 Å². The van der Waals surface area contributed by atoms with Gasteiger partial charge in [-0.3, -0.25) is 4.99 Å². The molecule has 0 heterocycles. The fraction of sp³-hybridized carbons (Fsp3) is 0.611. The second-order valence-corrected chi connectivity index (χ2v) is 6.20. The number of benzene rings is 1. The summed E-state index contributed by atoms with van der Waals surface area (Å²) in [7, 11) is 0. The third-order valence-corrected chi connectivity index (χ3v) is 4.82. The second kappa shape index (κ2) is 6.97. The van der Waals surface area contributed by atoms with Gasteiger partial charge in [-0.05, 0) is 39.2 Å². The van der Waals surface area contributed by atoms with Crippen LogP contribution >= 0.6 is 0 Å². The van der Waals surface area contributed by atoms with E-state index in [1.807, 2.05) is 0 Å².